The average molecular weight is 373 g/mol. The van der Waals surface area contributed by atoms with E-state index >= 15 is 0 Å². The Morgan fingerprint density at radius 3 is 2.74 bits per heavy atom. The third-order valence-electron chi connectivity index (χ3n) is 3.47. The van der Waals surface area contributed by atoms with Crippen LogP contribution in [-0.4, -0.2) is 60.1 Å². The fourth-order valence-electron chi connectivity index (χ4n) is 2.16. The van der Waals surface area contributed by atoms with Crippen LogP contribution in [0.4, 0.5) is 10.7 Å². The molecule has 2 aromatic rings. The second kappa shape index (κ2) is 9.95. The van der Waals surface area contributed by atoms with Gasteiger partial charge in [0.15, 0.2) is 0 Å². The van der Waals surface area contributed by atoms with Gasteiger partial charge in [0.2, 0.25) is 5.95 Å². The van der Waals surface area contributed by atoms with Gasteiger partial charge in [0.1, 0.15) is 12.6 Å². The Hall–Kier alpha value is -3.36. The molecular weight excluding hydrogens is 350 g/mol. The summed E-state index contributed by atoms with van der Waals surface area (Å²) in [6, 6.07) is 8.31. The minimum absolute atomic E-state index is 0.101. The third kappa shape index (κ3) is 6.46. The van der Waals surface area contributed by atoms with Crippen LogP contribution >= 0.6 is 0 Å². The van der Waals surface area contributed by atoms with Crippen molar-refractivity contribution >= 4 is 24.3 Å². The number of imidazole rings is 1. The summed E-state index contributed by atoms with van der Waals surface area (Å²) in [6.45, 7) is 0.206. The van der Waals surface area contributed by atoms with Gasteiger partial charge in [-0.25, -0.2) is 19.6 Å². The number of rotatable bonds is 8. The summed E-state index contributed by atoms with van der Waals surface area (Å²) in [7, 11) is 4.92. The minimum atomic E-state index is -0.944. The van der Waals surface area contributed by atoms with Crippen molar-refractivity contribution in [2.75, 3.05) is 21.2 Å². The highest BCUT2D eigenvalue weighted by Crippen LogP contribution is 2.10. The molecule has 1 N–H and O–H groups in total. The van der Waals surface area contributed by atoms with Gasteiger partial charge in [0.05, 0.1) is 20.0 Å². The highest BCUT2D eigenvalue weighted by atomic mass is 16.6. The molecule has 1 amide bonds. The molecule has 9 heteroatoms. The number of alkyl carbamates (subject to hydrolysis) is 1. The summed E-state index contributed by atoms with van der Waals surface area (Å²) in [4.78, 5) is 34.2. The van der Waals surface area contributed by atoms with Crippen LogP contribution in [0.5, 0.6) is 0 Å². The lowest BCUT2D eigenvalue weighted by Gasteiger charge is -2.17. The van der Waals surface area contributed by atoms with E-state index in [1.54, 1.807) is 28.2 Å². The maximum absolute atomic E-state index is 12.1. The Labute approximate surface area is 157 Å². The molecule has 1 aromatic carbocycles. The van der Waals surface area contributed by atoms with Gasteiger partial charge >= 0.3 is 12.1 Å². The van der Waals surface area contributed by atoms with E-state index in [9.17, 15) is 9.59 Å². The van der Waals surface area contributed by atoms with Gasteiger partial charge in [0.25, 0.3) is 0 Å². The number of nitrogens with zero attached hydrogens (tertiary/aromatic N) is 4. The van der Waals surface area contributed by atoms with Gasteiger partial charge in [-0.15, -0.1) is 0 Å². The summed E-state index contributed by atoms with van der Waals surface area (Å²) in [6.07, 6.45) is 4.10. The first-order valence-corrected chi connectivity index (χ1v) is 8.26. The van der Waals surface area contributed by atoms with Crippen LogP contribution in [0.2, 0.25) is 0 Å². The zero-order valence-electron chi connectivity index (χ0n) is 15.5. The summed E-state index contributed by atoms with van der Waals surface area (Å²) in [5.41, 5.74) is 0.845. The van der Waals surface area contributed by atoms with Gasteiger partial charge in [-0.3, -0.25) is 0 Å². The lowest BCUT2D eigenvalue weighted by molar-refractivity contribution is -0.143. The Morgan fingerprint density at radius 2 is 2.07 bits per heavy atom. The number of benzene rings is 1. The lowest BCUT2D eigenvalue weighted by atomic mass is 10.2. The molecule has 0 bridgehead atoms. The van der Waals surface area contributed by atoms with Gasteiger partial charge in [0, 0.05) is 26.5 Å². The monoisotopic (exact) mass is 373 g/mol. The number of nitrogens with one attached hydrogen (secondary N) is 1. The zero-order valence-corrected chi connectivity index (χ0v) is 15.5. The number of carbonyl (C=O) groups excluding carboxylic acids is 2. The summed E-state index contributed by atoms with van der Waals surface area (Å²) >= 11 is 0. The molecule has 0 saturated heterocycles. The molecule has 0 radical (unpaired) electrons. The standard InChI is InChI=1S/C18H23N5O4/c1-22(2)13-20-17-19-9-10-23(17)11-15(16(24)26-3)21-18(25)27-12-14-7-5-4-6-8-14/h4-10,13,15H,11-12H2,1-3H3,(H,21,25)/b20-13+/t15-/m0/s1. The molecule has 27 heavy (non-hydrogen) atoms. The summed E-state index contributed by atoms with van der Waals surface area (Å²) in [5.74, 6) is -0.194. The number of amides is 1. The topological polar surface area (TPSA) is 98.0 Å². The first kappa shape index (κ1) is 20.0. The van der Waals surface area contributed by atoms with Crippen molar-refractivity contribution in [1.29, 1.82) is 0 Å². The molecule has 0 saturated carbocycles. The third-order valence-corrected chi connectivity index (χ3v) is 3.47. The Balaban J connectivity index is 2.00. The number of carbonyl (C=O) groups is 2. The second-order valence-corrected chi connectivity index (χ2v) is 5.87. The quantitative estimate of drug-likeness (QED) is 0.428. The number of ether oxygens (including phenoxy) is 2. The van der Waals surface area contributed by atoms with Crippen molar-refractivity contribution in [3.8, 4) is 0 Å². The average Bonchev–Trinajstić information content (AvgIpc) is 3.11. The van der Waals surface area contributed by atoms with Crippen LogP contribution in [0.1, 0.15) is 5.56 Å². The second-order valence-electron chi connectivity index (χ2n) is 5.87. The molecule has 0 fully saturated rings. The van der Waals surface area contributed by atoms with Crippen molar-refractivity contribution in [3.63, 3.8) is 0 Å². The van der Waals surface area contributed by atoms with E-state index in [2.05, 4.69) is 15.3 Å². The maximum Gasteiger partial charge on any atom is 0.408 e. The van der Waals surface area contributed by atoms with Crippen LogP contribution in [0.3, 0.4) is 0 Å². The molecule has 0 unspecified atom stereocenters. The molecule has 1 aromatic heterocycles. The van der Waals surface area contributed by atoms with Gasteiger partial charge in [-0.1, -0.05) is 30.3 Å². The normalized spacial score (nSPS) is 11.8. The Morgan fingerprint density at radius 1 is 1.33 bits per heavy atom. The van der Waals surface area contributed by atoms with E-state index < -0.39 is 18.1 Å². The van der Waals surface area contributed by atoms with Crippen LogP contribution in [0.15, 0.2) is 47.7 Å². The van der Waals surface area contributed by atoms with E-state index in [-0.39, 0.29) is 13.2 Å². The number of methoxy groups -OCH3 is 1. The fourth-order valence-corrected chi connectivity index (χ4v) is 2.16. The van der Waals surface area contributed by atoms with Crippen LogP contribution in [-0.2, 0) is 27.4 Å². The largest absolute Gasteiger partial charge is 0.467 e. The summed E-state index contributed by atoms with van der Waals surface area (Å²) < 4.78 is 11.6. The van der Waals surface area contributed by atoms with Crippen molar-refractivity contribution < 1.29 is 19.1 Å². The fraction of sp³-hybridized carbons (Fsp3) is 0.333. The molecule has 0 aliphatic rings. The maximum atomic E-state index is 12.1. The number of hydrogen-bond donors (Lipinski definition) is 1. The van der Waals surface area contributed by atoms with Crippen molar-refractivity contribution in [1.82, 2.24) is 19.8 Å². The van der Waals surface area contributed by atoms with E-state index in [1.165, 1.54) is 7.11 Å². The molecule has 0 spiro atoms. The van der Waals surface area contributed by atoms with E-state index in [0.717, 1.165) is 5.56 Å². The van der Waals surface area contributed by atoms with Gasteiger partial charge < -0.3 is 24.3 Å². The molecule has 9 nitrogen and oxygen atoms in total. The minimum Gasteiger partial charge on any atom is -0.467 e. The molecule has 144 valence electrons. The molecule has 1 atom stereocenters. The van der Waals surface area contributed by atoms with Crippen molar-refractivity contribution in [3.05, 3.63) is 48.3 Å². The first-order valence-electron chi connectivity index (χ1n) is 8.26. The smallest absolute Gasteiger partial charge is 0.408 e. The van der Waals surface area contributed by atoms with E-state index in [1.807, 2.05) is 44.4 Å². The first-order chi connectivity index (χ1) is 13.0. The van der Waals surface area contributed by atoms with Gasteiger partial charge in [-0.05, 0) is 5.56 Å². The van der Waals surface area contributed by atoms with Crippen LogP contribution < -0.4 is 5.32 Å². The summed E-state index contributed by atoms with van der Waals surface area (Å²) in [5, 5.41) is 2.52. The number of esters is 1. The van der Waals surface area contributed by atoms with Crippen LogP contribution in [0.25, 0.3) is 0 Å². The Kier molecular flexibility index (Phi) is 7.36. The van der Waals surface area contributed by atoms with Gasteiger partial charge in [-0.2, -0.15) is 0 Å². The SMILES string of the molecule is COC(=O)[C@H](Cn1ccnc1/N=C/N(C)C)NC(=O)OCc1ccccc1. The van der Waals surface area contributed by atoms with E-state index in [4.69, 9.17) is 9.47 Å². The predicted molar refractivity (Wildman–Crippen MR) is 99.6 cm³/mol. The molecular formula is C18H23N5O4. The highest BCUT2D eigenvalue weighted by Gasteiger charge is 2.23. The molecule has 0 aliphatic heterocycles. The molecule has 2 rings (SSSR count). The van der Waals surface area contributed by atoms with Crippen molar-refractivity contribution in [2.24, 2.45) is 4.99 Å². The molecule has 1 heterocycles. The highest BCUT2D eigenvalue weighted by molar-refractivity contribution is 5.81. The molecule has 0 aliphatic carbocycles. The van der Waals surface area contributed by atoms with Crippen LogP contribution in [0, 0.1) is 0 Å². The number of aliphatic imine (C=N–C) groups is 1. The predicted octanol–water partition coefficient (Wildman–Crippen LogP) is 1.57. The Bertz CT molecular complexity index is 773. The zero-order chi connectivity index (χ0) is 19.6. The number of aromatic nitrogens is 2. The lowest BCUT2D eigenvalue weighted by Crippen LogP contribution is -2.44. The van der Waals surface area contributed by atoms with E-state index in [0.29, 0.717) is 5.95 Å². The van der Waals surface area contributed by atoms with Crippen molar-refractivity contribution in [2.45, 2.75) is 19.2 Å². The number of hydrogen-bond acceptors (Lipinski definition) is 6.